The zero-order chi connectivity index (χ0) is 25.9. The number of alkyl halides is 2. The summed E-state index contributed by atoms with van der Waals surface area (Å²) in [5.41, 5.74) is 1.31. The molecule has 0 bridgehead atoms. The fourth-order valence-electron chi connectivity index (χ4n) is 4.48. The summed E-state index contributed by atoms with van der Waals surface area (Å²) in [5.74, 6) is -0.512. The highest BCUT2D eigenvalue weighted by Gasteiger charge is 2.25. The van der Waals surface area contributed by atoms with Gasteiger partial charge in [-0.25, -0.2) is 4.99 Å². The summed E-state index contributed by atoms with van der Waals surface area (Å²) in [6.07, 6.45) is 10.9. The van der Waals surface area contributed by atoms with E-state index in [0.29, 0.717) is 17.4 Å². The monoisotopic (exact) mass is 509 g/mol. The molecule has 0 aliphatic carbocycles. The molecule has 11 nitrogen and oxygen atoms in total. The number of carbonyl (C=O) groups is 1. The number of likely N-dealkylation sites (N-methyl/N-ethyl adjacent to an activating group) is 1. The number of carbonyl (C=O) groups excluding carboxylic acids is 1. The molecule has 2 aliphatic rings. The summed E-state index contributed by atoms with van der Waals surface area (Å²) in [6, 6.07) is 3.31. The van der Waals surface area contributed by atoms with Crippen molar-refractivity contribution in [3.05, 3.63) is 48.2 Å². The van der Waals surface area contributed by atoms with Gasteiger partial charge in [0.05, 0.1) is 29.5 Å². The maximum Gasteiger partial charge on any atom is 0.387 e. The Morgan fingerprint density at radius 2 is 2.27 bits per heavy atom. The van der Waals surface area contributed by atoms with E-state index >= 15 is 0 Å². The van der Waals surface area contributed by atoms with E-state index in [1.165, 1.54) is 12.3 Å². The van der Waals surface area contributed by atoms with E-state index in [0.717, 1.165) is 25.6 Å². The Kier molecular flexibility index (Phi) is 6.77. The summed E-state index contributed by atoms with van der Waals surface area (Å²) in [4.78, 5) is 19.5. The van der Waals surface area contributed by atoms with Crippen molar-refractivity contribution in [1.82, 2.24) is 30.2 Å². The molecular formula is C24H25F2N9O2. The van der Waals surface area contributed by atoms with Gasteiger partial charge < -0.3 is 25.7 Å². The molecule has 1 amide bonds. The van der Waals surface area contributed by atoms with Crippen LogP contribution >= 0.6 is 0 Å². The molecule has 37 heavy (non-hydrogen) atoms. The molecule has 0 unspecified atom stereocenters. The van der Waals surface area contributed by atoms with Crippen molar-refractivity contribution in [2.75, 3.05) is 18.9 Å². The van der Waals surface area contributed by atoms with E-state index in [2.05, 4.69) is 35.8 Å². The van der Waals surface area contributed by atoms with Crippen LogP contribution in [0.1, 0.15) is 12.8 Å². The number of ether oxygens (including phenoxy) is 1. The number of H-pyrrole nitrogens is 1. The number of nitrogens with zero attached hydrogens (tertiary/aromatic N) is 5. The standard InChI is InChI=1S/C24H25F2N9O2/c1-34-7-2-4-15(34)12-35-13-19(31-23(36)17(10-27)22-28-5-3-6-29-22)21(33-35)16-8-14-11-30-32-18(14)9-20(16)37-24(25)26/h3,5-6,8-11,13,15,24,27-28H,2,4,7,12H2,1H3,(H,30,32)(H,31,36)/b22-17-,27-10?/t15-/m1/s1. The first-order valence-corrected chi connectivity index (χ1v) is 11.6. The molecule has 4 N–H and O–H groups in total. The van der Waals surface area contributed by atoms with Crippen molar-refractivity contribution in [2.24, 2.45) is 4.99 Å². The molecule has 0 radical (unpaired) electrons. The maximum absolute atomic E-state index is 13.3. The number of likely N-dealkylation sites (tertiary alicyclic amines) is 1. The van der Waals surface area contributed by atoms with Gasteiger partial charge in [-0.3, -0.25) is 14.6 Å². The third-order valence-electron chi connectivity index (χ3n) is 6.34. The van der Waals surface area contributed by atoms with Gasteiger partial charge in [0.15, 0.2) is 0 Å². The van der Waals surface area contributed by atoms with Gasteiger partial charge in [-0.1, -0.05) is 0 Å². The molecule has 2 aromatic heterocycles. The predicted molar refractivity (Wildman–Crippen MR) is 135 cm³/mol. The van der Waals surface area contributed by atoms with Crippen LogP contribution in [-0.4, -0.2) is 69.5 Å². The number of anilines is 1. The number of halogens is 2. The van der Waals surface area contributed by atoms with Gasteiger partial charge in [0.1, 0.15) is 17.3 Å². The summed E-state index contributed by atoms with van der Waals surface area (Å²) < 4.78 is 33.2. The lowest BCUT2D eigenvalue weighted by atomic mass is 10.1. The number of nitrogens with one attached hydrogen (secondary N) is 4. The Labute approximate surface area is 210 Å². The summed E-state index contributed by atoms with van der Waals surface area (Å²) in [7, 11) is 2.04. The largest absolute Gasteiger partial charge is 0.434 e. The topological polar surface area (TPSA) is 136 Å². The van der Waals surface area contributed by atoms with Crippen LogP contribution in [0.25, 0.3) is 22.2 Å². The van der Waals surface area contributed by atoms with Gasteiger partial charge in [-0.2, -0.15) is 19.0 Å². The number of aromatic amines is 1. The molecule has 0 saturated carbocycles. The van der Waals surface area contributed by atoms with E-state index in [1.54, 1.807) is 35.4 Å². The third-order valence-corrected chi connectivity index (χ3v) is 6.34. The molecule has 4 heterocycles. The van der Waals surface area contributed by atoms with Gasteiger partial charge in [-0.15, -0.1) is 0 Å². The minimum atomic E-state index is -3.07. The van der Waals surface area contributed by atoms with E-state index in [-0.39, 0.29) is 40.1 Å². The lowest BCUT2D eigenvalue weighted by Crippen LogP contribution is -2.29. The molecule has 1 saturated heterocycles. The van der Waals surface area contributed by atoms with Crippen LogP contribution in [0.5, 0.6) is 5.75 Å². The quantitative estimate of drug-likeness (QED) is 0.272. The Bertz CT molecular complexity index is 1420. The molecule has 0 spiro atoms. The minimum absolute atomic E-state index is 0.0100. The normalized spacial score (nSPS) is 18.9. The highest BCUT2D eigenvalue weighted by Crippen LogP contribution is 2.38. The van der Waals surface area contributed by atoms with Crippen LogP contribution in [0.4, 0.5) is 14.5 Å². The second kappa shape index (κ2) is 10.3. The van der Waals surface area contributed by atoms with Gasteiger partial charge in [0, 0.05) is 47.9 Å². The Morgan fingerprint density at radius 1 is 1.41 bits per heavy atom. The Balaban J connectivity index is 1.57. The molecule has 1 aromatic carbocycles. The van der Waals surface area contributed by atoms with Crippen molar-refractivity contribution in [2.45, 2.75) is 32.0 Å². The second-order valence-corrected chi connectivity index (χ2v) is 8.72. The molecule has 2 aliphatic heterocycles. The number of fused-ring (bicyclic) bond motifs is 1. The molecule has 1 fully saturated rings. The maximum atomic E-state index is 13.3. The Morgan fingerprint density at radius 3 is 2.97 bits per heavy atom. The molecule has 5 rings (SSSR count). The number of aromatic nitrogens is 4. The third kappa shape index (κ3) is 5.11. The average molecular weight is 510 g/mol. The number of hydrogen-bond acceptors (Lipinski definition) is 8. The van der Waals surface area contributed by atoms with Crippen molar-refractivity contribution in [1.29, 1.82) is 5.41 Å². The molecule has 192 valence electrons. The molecular weight excluding hydrogens is 484 g/mol. The summed E-state index contributed by atoms with van der Waals surface area (Å²) in [5, 5.41) is 25.4. The minimum Gasteiger partial charge on any atom is -0.434 e. The number of hydrogen-bond donors (Lipinski definition) is 4. The van der Waals surface area contributed by atoms with Crippen LogP contribution in [-0.2, 0) is 11.3 Å². The van der Waals surface area contributed by atoms with Crippen LogP contribution in [0.15, 0.2) is 53.2 Å². The smallest absolute Gasteiger partial charge is 0.387 e. The van der Waals surface area contributed by atoms with Crippen LogP contribution in [0.3, 0.4) is 0 Å². The van der Waals surface area contributed by atoms with Crippen molar-refractivity contribution in [3.63, 3.8) is 0 Å². The lowest BCUT2D eigenvalue weighted by molar-refractivity contribution is -0.112. The van der Waals surface area contributed by atoms with Gasteiger partial charge in [-0.05, 0) is 38.6 Å². The number of aliphatic imine (C=N–C) groups is 1. The van der Waals surface area contributed by atoms with E-state index in [1.807, 2.05) is 7.05 Å². The van der Waals surface area contributed by atoms with E-state index < -0.39 is 12.5 Å². The molecule has 3 aromatic rings. The average Bonchev–Trinajstić information content (AvgIpc) is 3.60. The van der Waals surface area contributed by atoms with E-state index in [9.17, 15) is 13.6 Å². The van der Waals surface area contributed by atoms with Gasteiger partial charge in [0.2, 0.25) is 0 Å². The lowest BCUT2D eigenvalue weighted by Gasteiger charge is -2.18. The first kappa shape index (κ1) is 24.3. The molecule has 1 atom stereocenters. The highest BCUT2D eigenvalue weighted by molar-refractivity contribution is 6.18. The fourth-order valence-corrected chi connectivity index (χ4v) is 4.48. The fraction of sp³-hybridized carbons (Fsp3) is 0.292. The number of amides is 1. The number of allylic oxidation sites excluding steroid dienone is 1. The molecule has 13 heteroatoms. The van der Waals surface area contributed by atoms with Gasteiger partial charge in [0.25, 0.3) is 5.91 Å². The van der Waals surface area contributed by atoms with Gasteiger partial charge >= 0.3 is 6.61 Å². The first-order valence-electron chi connectivity index (χ1n) is 11.6. The number of rotatable bonds is 8. The predicted octanol–water partition coefficient (Wildman–Crippen LogP) is 3.11. The summed E-state index contributed by atoms with van der Waals surface area (Å²) in [6.45, 7) is -1.54. The van der Waals surface area contributed by atoms with Crippen molar-refractivity contribution < 1.29 is 18.3 Å². The van der Waals surface area contributed by atoms with E-state index in [4.69, 9.17) is 10.1 Å². The zero-order valence-electron chi connectivity index (χ0n) is 19.9. The van der Waals surface area contributed by atoms with Crippen molar-refractivity contribution in [3.8, 4) is 17.0 Å². The Hall–Kier alpha value is -4.39. The van der Waals surface area contributed by atoms with Crippen LogP contribution in [0, 0.1) is 5.41 Å². The van der Waals surface area contributed by atoms with Crippen molar-refractivity contribution >= 4 is 34.9 Å². The second-order valence-electron chi connectivity index (χ2n) is 8.72. The SMILES string of the molecule is CN1CCC[C@@H]1Cn1cc(NC(=O)/C(C=N)=C2\N=CC=CN2)c(-c2cc3cn[nH]c3cc2OC(F)F)n1. The highest BCUT2D eigenvalue weighted by atomic mass is 19.3. The summed E-state index contributed by atoms with van der Waals surface area (Å²) >= 11 is 0. The zero-order valence-corrected chi connectivity index (χ0v) is 19.9. The van der Waals surface area contributed by atoms with Crippen LogP contribution < -0.4 is 15.4 Å². The van der Waals surface area contributed by atoms with Crippen LogP contribution in [0.2, 0.25) is 0 Å². The number of benzene rings is 1. The first-order chi connectivity index (χ1) is 17.9.